The first-order chi connectivity index (χ1) is 36.2. The van der Waals surface area contributed by atoms with Crippen molar-refractivity contribution in [1.29, 1.82) is 0 Å². The SMILES string of the molecule is CC(C)c1cc2c3c(c1)-n1c4ccc5c6cc(-n7c8ccccc8c8ccccc87)ccc6oc5c4c4c5oc6ccc(-n7c8ccccc8c8ccccc87)cc6c5cc(c41)B3c1cc(C(C)(C)C)ccc1O2. The zero-order valence-corrected chi connectivity index (χ0v) is 41.5. The number of furan rings is 2. The number of benzene rings is 10. The molecule has 7 heterocycles. The van der Waals surface area contributed by atoms with Gasteiger partial charge in [0.25, 0.3) is 6.71 Å². The standard InChI is InChI=1S/C67H46BN3O3/c1-36(2)37-30-56-63-60(31-37)72-59-27-22-38(67(3,4)5)32-49(59)68(63)50-35-48-47-34-40(70-53-20-12-8-16-43(53)44-17-9-13-21-54(44)70)24-29-58(47)74-66(48)62-61-55(71(56)64(50)62)26-25-45-46-33-39(23-28-57(46)73-65(45)61)69-51-18-10-6-14-41(51)42-15-7-11-19-52(42)69/h6-36H,1-5H3. The molecule has 0 amide bonds. The predicted octanol–water partition coefficient (Wildman–Crippen LogP) is 16.1. The maximum Gasteiger partial charge on any atom is 0.256 e. The van der Waals surface area contributed by atoms with E-state index in [1.54, 1.807) is 0 Å². The monoisotopic (exact) mass is 951 g/mol. The topological polar surface area (TPSA) is 50.3 Å². The normalized spacial score (nSPS) is 13.4. The van der Waals surface area contributed by atoms with E-state index in [4.69, 9.17) is 13.6 Å². The molecule has 0 bridgehead atoms. The van der Waals surface area contributed by atoms with Crippen LogP contribution in [0.4, 0.5) is 0 Å². The van der Waals surface area contributed by atoms with Crippen molar-refractivity contribution >= 4 is 132 Å². The summed E-state index contributed by atoms with van der Waals surface area (Å²) in [5.74, 6) is 2.10. The molecule has 17 rings (SSSR count). The Morgan fingerprint density at radius 2 is 0.986 bits per heavy atom. The Morgan fingerprint density at radius 1 is 0.432 bits per heavy atom. The van der Waals surface area contributed by atoms with Gasteiger partial charge in [0.1, 0.15) is 33.8 Å². The fourth-order valence-electron chi connectivity index (χ4n) is 13.4. The van der Waals surface area contributed by atoms with Gasteiger partial charge in [-0.1, -0.05) is 126 Å². The van der Waals surface area contributed by atoms with E-state index in [-0.39, 0.29) is 18.0 Å². The lowest BCUT2D eigenvalue weighted by Gasteiger charge is -2.35. The predicted molar refractivity (Wildman–Crippen MR) is 308 cm³/mol. The Hall–Kier alpha value is -8.94. The minimum Gasteiger partial charge on any atom is -0.458 e. The minimum absolute atomic E-state index is 0.0687. The van der Waals surface area contributed by atoms with E-state index in [2.05, 4.69) is 230 Å². The summed E-state index contributed by atoms with van der Waals surface area (Å²) in [5, 5.41) is 11.4. The Labute approximate surface area is 425 Å². The van der Waals surface area contributed by atoms with Crippen LogP contribution in [-0.2, 0) is 5.41 Å². The number of fused-ring (bicyclic) bond motifs is 21. The van der Waals surface area contributed by atoms with E-state index in [9.17, 15) is 0 Å². The summed E-state index contributed by atoms with van der Waals surface area (Å²) in [6.45, 7) is 11.3. The zero-order chi connectivity index (χ0) is 49.0. The Kier molecular flexibility index (Phi) is 7.67. The molecule has 0 saturated heterocycles. The lowest BCUT2D eigenvalue weighted by atomic mass is 9.34. The fourth-order valence-corrected chi connectivity index (χ4v) is 13.4. The van der Waals surface area contributed by atoms with Crippen molar-refractivity contribution in [2.75, 3.05) is 0 Å². The molecule has 0 aliphatic carbocycles. The van der Waals surface area contributed by atoms with Crippen molar-refractivity contribution in [3.8, 4) is 28.6 Å². The number of ether oxygens (including phenoxy) is 1. The summed E-state index contributed by atoms with van der Waals surface area (Å²) in [4.78, 5) is 0. The molecule has 0 atom stereocenters. The van der Waals surface area contributed by atoms with Crippen LogP contribution in [0.5, 0.6) is 11.5 Å². The Balaban J connectivity index is 1.02. The van der Waals surface area contributed by atoms with Gasteiger partial charge in [0.05, 0.1) is 43.9 Å². The highest BCUT2D eigenvalue weighted by molar-refractivity contribution is 6.99. The molecular formula is C67H46BN3O3. The van der Waals surface area contributed by atoms with Crippen molar-refractivity contribution < 1.29 is 13.6 Å². The molecule has 5 aromatic heterocycles. The largest absolute Gasteiger partial charge is 0.458 e. The average Bonchev–Trinajstić information content (AvgIpc) is 4.24. The highest BCUT2D eigenvalue weighted by atomic mass is 16.5. The smallest absolute Gasteiger partial charge is 0.256 e. The van der Waals surface area contributed by atoms with E-state index in [1.165, 1.54) is 71.1 Å². The maximum atomic E-state index is 7.33. The van der Waals surface area contributed by atoms with Gasteiger partial charge in [0.15, 0.2) is 0 Å². The molecule has 350 valence electrons. The molecule has 2 aliphatic rings. The molecule has 0 unspecified atom stereocenters. The lowest BCUT2D eigenvalue weighted by Crippen LogP contribution is -2.58. The molecule has 74 heavy (non-hydrogen) atoms. The van der Waals surface area contributed by atoms with Gasteiger partial charge in [-0.2, -0.15) is 0 Å². The lowest BCUT2D eigenvalue weighted by molar-refractivity contribution is 0.485. The van der Waals surface area contributed by atoms with Crippen LogP contribution in [0.2, 0.25) is 0 Å². The second-order valence-electron chi connectivity index (χ2n) is 22.2. The van der Waals surface area contributed by atoms with Crippen LogP contribution in [0.3, 0.4) is 0 Å². The van der Waals surface area contributed by atoms with E-state index in [1.807, 2.05) is 0 Å². The van der Waals surface area contributed by atoms with Crippen molar-refractivity contribution in [1.82, 2.24) is 13.7 Å². The van der Waals surface area contributed by atoms with Crippen LogP contribution in [0.1, 0.15) is 51.7 Å². The molecule has 15 aromatic rings. The number of nitrogens with zero attached hydrogens (tertiary/aromatic N) is 3. The maximum absolute atomic E-state index is 7.33. The highest BCUT2D eigenvalue weighted by Crippen LogP contribution is 2.48. The van der Waals surface area contributed by atoms with E-state index < -0.39 is 0 Å². The molecule has 2 aliphatic heterocycles. The number of hydrogen-bond acceptors (Lipinski definition) is 3. The van der Waals surface area contributed by atoms with Crippen molar-refractivity contribution in [2.45, 2.75) is 46.0 Å². The third kappa shape index (κ3) is 5.16. The Bertz CT molecular complexity index is 4920. The van der Waals surface area contributed by atoms with Crippen LogP contribution in [0.25, 0.3) is 126 Å². The molecular weight excluding hydrogens is 906 g/mol. The molecule has 6 nitrogen and oxygen atoms in total. The molecule has 0 fully saturated rings. The van der Waals surface area contributed by atoms with Crippen LogP contribution < -0.4 is 21.1 Å². The number of rotatable bonds is 3. The number of hydrogen-bond donors (Lipinski definition) is 0. The third-order valence-corrected chi connectivity index (χ3v) is 16.8. The second-order valence-corrected chi connectivity index (χ2v) is 22.2. The highest BCUT2D eigenvalue weighted by Gasteiger charge is 2.43. The quantitative estimate of drug-likeness (QED) is 0.166. The van der Waals surface area contributed by atoms with Gasteiger partial charge in [-0.15, -0.1) is 0 Å². The first kappa shape index (κ1) is 40.6. The fraction of sp³-hybridized carbons (Fsp3) is 0.104. The average molecular weight is 952 g/mol. The second kappa shape index (κ2) is 14.0. The molecule has 7 heteroatoms. The zero-order valence-electron chi connectivity index (χ0n) is 41.5. The van der Waals surface area contributed by atoms with Gasteiger partial charge < -0.3 is 27.3 Å². The number of para-hydroxylation sites is 4. The van der Waals surface area contributed by atoms with Crippen LogP contribution >= 0.6 is 0 Å². The van der Waals surface area contributed by atoms with Gasteiger partial charge in [0.2, 0.25) is 0 Å². The van der Waals surface area contributed by atoms with Gasteiger partial charge in [-0.3, -0.25) is 0 Å². The molecule has 0 radical (unpaired) electrons. The first-order valence-electron chi connectivity index (χ1n) is 26.0. The molecule has 0 saturated carbocycles. The molecule has 0 N–H and O–H groups in total. The van der Waals surface area contributed by atoms with Gasteiger partial charge >= 0.3 is 0 Å². The van der Waals surface area contributed by atoms with E-state index >= 15 is 0 Å². The molecule has 0 spiro atoms. The van der Waals surface area contributed by atoms with Crippen LogP contribution in [0.15, 0.2) is 191 Å². The van der Waals surface area contributed by atoms with Crippen molar-refractivity contribution in [3.05, 3.63) is 193 Å². The van der Waals surface area contributed by atoms with Gasteiger partial charge in [-0.25, -0.2) is 0 Å². The van der Waals surface area contributed by atoms with Crippen molar-refractivity contribution in [3.63, 3.8) is 0 Å². The summed E-state index contributed by atoms with van der Waals surface area (Å²) < 4.78 is 29.0. The van der Waals surface area contributed by atoms with E-state index in [0.717, 1.165) is 94.2 Å². The van der Waals surface area contributed by atoms with Gasteiger partial charge in [-0.05, 0) is 130 Å². The summed E-state index contributed by atoms with van der Waals surface area (Å²) >= 11 is 0. The first-order valence-corrected chi connectivity index (χ1v) is 26.0. The summed E-state index contributed by atoms with van der Waals surface area (Å²) in [7, 11) is 0. The van der Waals surface area contributed by atoms with E-state index in [0.29, 0.717) is 0 Å². The van der Waals surface area contributed by atoms with Crippen molar-refractivity contribution in [2.24, 2.45) is 0 Å². The Morgan fingerprint density at radius 3 is 1.55 bits per heavy atom. The summed E-state index contributed by atoms with van der Waals surface area (Å²) in [6.07, 6.45) is 0. The third-order valence-electron chi connectivity index (χ3n) is 16.8. The summed E-state index contributed by atoms with van der Waals surface area (Å²) in [6, 6.07) is 66.9. The summed E-state index contributed by atoms with van der Waals surface area (Å²) in [5.41, 5.74) is 19.7. The van der Waals surface area contributed by atoms with Crippen LogP contribution in [-0.4, -0.2) is 20.4 Å². The van der Waals surface area contributed by atoms with Crippen LogP contribution in [0, 0.1) is 0 Å². The van der Waals surface area contributed by atoms with Gasteiger partial charge in [0, 0.05) is 60.2 Å². The minimum atomic E-state index is -0.110. The molecule has 10 aromatic carbocycles. The number of aromatic nitrogens is 3.